The van der Waals surface area contributed by atoms with E-state index in [0.29, 0.717) is 0 Å². The summed E-state index contributed by atoms with van der Waals surface area (Å²) in [6, 6.07) is 0. The molecule has 0 amide bonds. The van der Waals surface area contributed by atoms with Crippen LogP contribution in [-0.4, -0.2) is 13.5 Å². The number of hydrogen-bond donors (Lipinski definition) is 0. The van der Waals surface area contributed by atoms with Crippen molar-refractivity contribution < 1.29 is 0 Å². The van der Waals surface area contributed by atoms with Crippen molar-refractivity contribution in [3.8, 4) is 0 Å². The van der Waals surface area contributed by atoms with Gasteiger partial charge in [0.15, 0.2) is 0 Å². The van der Waals surface area contributed by atoms with Crippen molar-refractivity contribution in [2.45, 2.75) is 45.3 Å². The van der Waals surface area contributed by atoms with Crippen LogP contribution in [0.4, 0.5) is 0 Å². The summed E-state index contributed by atoms with van der Waals surface area (Å²) in [4.78, 5) is 0. The molecule has 3 heteroatoms. The minimum atomic E-state index is -0.971. The molecule has 0 unspecified atom stereocenters. The third-order valence-electron chi connectivity index (χ3n) is 2.08. The molecule has 0 saturated heterocycles. The summed E-state index contributed by atoms with van der Waals surface area (Å²) < 4.78 is 1.65. The molecule has 0 radical (unpaired) electrons. The summed E-state index contributed by atoms with van der Waals surface area (Å²) in [5.41, 5.74) is 1.75. The highest BCUT2D eigenvalue weighted by Crippen LogP contribution is 2.41. The third kappa shape index (κ3) is 4.13. The Bertz CT molecular complexity index is 195. The van der Waals surface area contributed by atoms with E-state index in [4.69, 9.17) is 0 Å². The van der Waals surface area contributed by atoms with Crippen LogP contribution >= 0.6 is 23.0 Å². The van der Waals surface area contributed by atoms with Crippen LogP contribution in [0.5, 0.6) is 0 Å². The molecule has 0 nitrogen and oxygen atoms in total. The summed E-state index contributed by atoms with van der Waals surface area (Å²) in [6.45, 7) is 7.30. The van der Waals surface area contributed by atoms with Crippen LogP contribution in [-0.2, 0) is 0 Å². The van der Waals surface area contributed by atoms with E-state index in [1.807, 2.05) is 11.8 Å². The highest BCUT2D eigenvalue weighted by atomic mass is 32.4. The Kier molecular flexibility index (Phi) is 4.46. The Hall–Kier alpha value is 0.657. The standard InChI is InChI=1S/C10H20S2Si/c1-11-10(12-13(2,3)4)9-7-5-6-8-9/h5-8H2,1-4H3. The Balaban J connectivity index is 2.66. The summed E-state index contributed by atoms with van der Waals surface area (Å²) in [7, 11) is -0.971. The van der Waals surface area contributed by atoms with Crippen molar-refractivity contribution in [3.63, 3.8) is 0 Å². The Morgan fingerprint density at radius 3 is 2.08 bits per heavy atom. The van der Waals surface area contributed by atoms with Crippen molar-refractivity contribution >= 4 is 30.2 Å². The molecule has 0 aliphatic heterocycles. The first kappa shape index (κ1) is 11.7. The van der Waals surface area contributed by atoms with Gasteiger partial charge in [-0.05, 0) is 31.9 Å². The molecule has 0 aromatic rings. The van der Waals surface area contributed by atoms with Crippen molar-refractivity contribution in [1.82, 2.24) is 0 Å². The van der Waals surface area contributed by atoms with Gasteiger partial charge in [-0.15, -0.1) is 23.0 Å². The van der Waals surface area contributed by atoms with Gasteiger partial charge >= 0.3 is 0 Å². The minimum absolute atomic E-state index is 0.971. The van der Waals surface area contributed by atoms with Crippen LogP contribution < -0.4 is 0 Å². The van der Waals surface area contributed by atoms with Crippen molar-refractivity contribution in [2.75, 3.05) is 6.26 Å². The Labute approximate surface area is 91.6 Å². The van der Waals surface area contributed by atoms with Crippen LogP contribution in [0.3, 0.4) is 0 Å². The lowest BCUT2D eigenvalue weighted by Gasteiger charge is -2.18. The molecule has 0 aromatic carbocycles. The average molecular weight is 232 g/mol. The highest BCUT2D eigenvalue weighted by molar-refractivity contribution is 8.39. The van der Waals surface area contributed by atoms with E-state index in [9.17, 15) is 0 Å². The zero-order chi connectivity index (χ0) is 9.90. The normalized spacial score (nSPS) is 18.0. The Morgan fingerprint density at radius 2 is 1.69 bits per heavy atom. The third-order valence-corrected chi connectivity index (χ3v) is 7.47. The van der Waals surface area contributed by atoms with Gasteiger partial charge in [-0.3, -0.25) is 0 Å². The van der Waals surface area contributed by atoms with Crippen LogP contribution in [0, 0.1) is 0 Å². The maximum Gasteiger partial charge on any atom is 0.115 e. The smallest absolute Gasteiger partial charge is 0.115 e. The first-order chi connectivity index (χ1) is 6.03. The van der Waals surface area contributed by atoms with Gasteiger partial charge in [0.25, 0.3) is 0 Å². The second-order valence-electron chi connectivity index (χ2n) is 4.52. The lowest BCUT2D eigenvalue weighted by Crippen LogP contribution is -2.13. The van der Waals surface area contributed by atoms with Gasteiger partial charge in [0, 0.05) is 4.24 Å². The maximum atomic E-state index is 2.43. The zero-order valence-electron chi connectivity index (χ0n) is 9.14. The molecule has 1 saturated carbocycles. The fourth-order valence-electron chi connectivity index (χ4n) is 1.54. The topological polar surface area (TPSA) is 0 Å². The molecule has 1 aliphatic rings. The lowest BCUT2D eigenvalue weighted by atomic mass is 10.3. The Morgan fingerprint density at radius 1 is 1.15 bits per heavy atom. The summed E-state index contributed by atoms with van der Waals surface area (Å²) in [5, 5.41) is 0. The van der Waals surface area contributed by atoms with E-state index in [2.05, 4.69) is 37.1 Å². The number of allylic oxidation sites excluding steroid dienone is 1. The summed E-state index contributed by atoms with van der Waals surface area (Å²) >= 11 is 4.15. The second-order valence-corrected chi connectivity index (χ2v) is 14.7. The quantitative estimate of drug-likeness (QED) is 0.647. The summed E-state index contributed by atoms with van der Waals surface area (Å²) in [5.74, 6) is 0. The van der Waals surface area contributed by atoms with Gasteiger partial charge in [-0.2, -0.15) is 0 Å². The van der Waals surface area contributed by atoms with Gasteiger partial charge in [0.1, 0.15) is 7.22 Å². The minimum Gasteiger partial charge on any atom is -0.145 e. The SMILES string of the molecule is CSC(S[Si](C)(C)C)=C1CCCC1. The van der Waals surface area contributed by atoms with Gasteiger partial charge < -0.3 is 0 Å². The lowest BCUT2D eigenvalue weighted by molar-refractivity contribution is 0.886. The highest BCUT2D eigenvalue weighted by Gasteiger charge is 2.20. The zero-order valence-corrected chi connectivity index (χ0v) is 11.8. The van der Waals surface area contributed by atoms with E-state index in [1.54, 1.807) is 9.81 Å². The molecular weight excluding hydrogens is 212 g/mol. The van der Waals surface area contributed by atoms with Crippen LogP contribution in [0.1, 0.15) is 25.7 Å². The molecule has 0 atom stereocenters. The summed E-state index contributed by atoms with van der Waals surface area (Å²) in [6.07, 6.45) is 7.81. The van der Waals surface area contributed by atoms with E-state index in [-0.39, 0.29) is 0 Å². The van der Waals surface area contributed by atoms with Gasteiger partial charge in [-0.1, -0.05) is 25.2 Å². The van der Waals surface area contributed by atoms with Gasteiger partial charge in [0.2, 0.25) is 0 Å². The molecule has 1 aliphatic carbocycles. The monoisotopic (exact) mass is 232 g/mol. The van der Waals surface area contributed by atoms with Crippen molar-refractivity contribution in [2.24, 2.45) is 0 Å². The molecule has 0 aromatic heterocycles. The number of thioether (sulfide) groups is 1. The maximum absolute atomic E-state index is 2.43. The molecule has 76 valence electrons. The second kappa shape index (κ2) is 4.94. The van der Waals surface area contributed by atoms with Crippen molar-refractivity contribution in [3.05, 3.63) is 9.81 Å². The van der Waals surface area contributed by atoms with E-state index >= 15 is 0 Å². The van der Waals surface area contributed by atoms with Gasteiger partial charge in [0.05, 0.1) is 0 Å². The largest absolute Gasteiger partial charge is 0.145 e. The molecule has 0 heterocycles. The molecular formula is C10H20S2Si. The number of rotatable bonds is 3. The van der Waals surface area contributed by atoms with E-state index in [1.165, 1.54) is 25.7 Å². The fourth-order valence-corrected chi connectivity index (χ4v) is 8.37. The molecule has 0 N–H and O–H groups in total. The van der Waals surface area contributed by atoms with Crippen LogP contribution in [0.25, 0.3) is 0 Å². The van der Waals surface area contributed by atoms with E-state index < -0.39 is 7.22 Å². The molecule has 1 fully saturated rings. The first-order valence-corrected chi connectivity index (χ1v) is 11.2. The van der Waals surface area contributed by atoms with Gasteiger partial charge in [-0.25, -0.2) is 0 Å². The van der Waals surface area contributed by atoms with E-state index in [0.717, 1.165) is 0 Å². The van der Waals surface area contributed by atoms with Crippen LogP contribution in [0.15, 0.2) is 9.81 Å². The predicted octanol–water partition coefficient (Wildman–Crippen LogP) is 4.70. The molecule has 0 bridgehead atoms. The number of hydrogen-bond acceptors (Lipinski definition) is 2. The molecule has 1 rings (SSSR count). The first-order valence-electron chi connectivity index (χ1n) is 4.98. The molecule has 0 spiro atoms. The van der Waals surface area contributed by atoms with Crippen LogP contribution in [0.2, 0.25) is 19.6 Å². The van der Waals surface area contributed by atoms with Crippen molar-refractivity contribution in [1.29, 1.82) is 0 Å². The average Bonchev–Trinajstić information content (AvgIpc) is 2.50. The molecule has 13 heavy (non-hydrogen) atoms. The fraction of sp³-hybridized carbons (Fsp3) is 0.800. The predicted molar refractivity (Wildman–Crippen MR) is 69.9 cm³/mol.